The summed E-state index contributed by atoms with van der Waals surface area (Å²) in [5, 5.41) is 21.5. The van der Waals surface area contributed by atoms with E-state index >= 15 is 0 Å². The van der Waals surface area contributed by atoms with Crippen LogP contribution < -0.4 is 0 Å². The van der Waals surface area contributed by atoms with Gasteiger partial charge >= 0.3 is 0 Å². The summed E-state index contributed by atoms with van der Waals surface area (Å²) in [6, 6.07) is 0. The monoisotopic (exact) mass is 372 g/mol. The fourth-order valence-corrected chi connectivity index (χ4v) is 7.71. The van der Waals surface area contributed by atoms with E-state index in [-0.39, 0.29) is 16.9 Å². The van der Waals surface area contributed by atoms with Gasteiger partial charge in [-0.3, -0.25) is 0 Å². The zero-order chi connectivity index (χ0) is 19.4. The number of allylic oxidation sites excluding steroid dienone is 3. The van der Waals surface area contributed by atoms with E-state index < -0.39 is 5.60 Å². The Hall–Kier alpha value is -0.600. The van der Waals surface area contributed by atoms with Gasteiger partial charge in [-0.2, -0.15) is 0 Å². The summed E-state index contributed by atoms with van der Waals surface area (Å²) in [4.78, 5) is 0. The third-order valence-corrected chi connectivity index (χ3v) is 9.33. The van der Waals surface area contributed by atoms with Crippen molar-refractivity contribution >= 4 is 0 Å². The van der Waals surface area contributed by atoms with Gasteiger partial charge in [0.15, 0.2) is 0 Å². The summed E-state index contributed by atoms with van der Waals surface area (Å²) in [5.74, 6) is 1.72. The van der Waals surface area contributed by atoms with Crippen LogP contribution in [0.4, 0.5) is 0 Å². The lowest BCUT2D eigenvalue weighted by molar-refractivity contribution is -0.0722. The van der Waals surface area contributed by atoms with E-state index in [2.05, 4.69) is 39.8 Å². The Kier molecular flexibility index (Phi) is 4.91. The maximum absolute atomic E-state index is 11.4. The molecule has 3 saturated carbocycles. The molecule has 152 valence electrons. The molecule has 2 heteroatoms. The third kappa shape index (κ3) is 2.97. The van der Waals surface area contributed by atoms with Crippen LogP contribution in [0.25, 0.3) is 0 Å². The normalized spacial score (nSPS) is 45.9. The molecule has 0 spiro atoms. The lowest BCUT2D eigenvalue weighted by atomic mass is 9.49. The first-order chi connectivity index (χ1) is 12.7. The number of fused-ring (bicyclic) bond motifs is 5. The van der Waals surface area contributed by atoms with Crippen LogP contribution in [0.5, 0.6) is 0 Å². The number of rotatable bonds is 4. The molecule has 0 unspecified atom stereocenters. The Morgan fingerprint density at radius 3 is 2.59 bits per heavy atom. The van der Waals surface area contributed by atoms with Gasteiger partial charge in [-0.1, -0.05) is 56.9 Å². The first-order valence-electron chi connectivity index (χ1n) is 11.5. The van der Waals surface area contributed by atoms with Gasteiger partial charge in [0.25, 0.3) is 0 Å². The van der Waals surface area contributed by atoms with Crippen LogP contribution in [0.2, 0.25) is 0 Å². The minimum atomic E-state index is -0.526. The van der Waals surface area contributed by atoms with Gasteiger partial charge in [-0.15, -0.1) is 0 Å². The molecule has 0 aromatic heterocycles. The van der Waals surface area contributed by atoms with Gasteiger partial charge in [0.05, 0.1) is 11.7 Å². The summed E-state index contributed by atoms with van der Waals surface area (Å²) in [6.45, 7) is 9.29. The van der Waals surface area contributed by atoms with E-state index in [0.717, 1.165) is 38.5 Å². The second kappa shape index (κ2) is 6.73. The SMILES string of the molecule is CCCC[C@](C)(O)[C@H]1CC[C@H]2C3=CC=C4C[C@@H](O)CC[C@]4(C)[C@H]3CC[C@@]21C. The zero-order valence-corrected chi connectivity index (χ0v) is 17.9. The number of aliphatic hydroxyl groups excluding tert-OH is 1. The van der Waals surface area contributed by atoms with Crippen LogP contribution in [-0.4, -0.2) is 21.9 Å². The maximum Gasteiger partial charge on any atom is 0.0653 e. The molecule has 2 N–H and O–H groups in total. The van der Waals surface area contributed by atoms with Crippen molar-refractivity contribution in [1.82, 2.24) is 0 Å². The topological polar surface area (TPSA) is 40.5 Å². The summed E-state index contributed by atoms with van der Waals surface area (Å²) in [5.41, 5.74) is 3.15. The van der Waals surface area contributed by atoms with Gasteiger partial charge in [-0.05, 0) is 86.9 Å². The summed E-state index contributed by atoms with van der Waals surface area (Å²) >= 11 is 0. The van der Waals surface area contributed by atoms with Crippen molar-refractivity contribution in [2.75, 3.05) is 0 Å². The largest absolute Gasteiger partial charge is 0.393 e. The van der Waals surface area contributed by atoms with Crippen molar-refractivity contribution in [3.63, 3.8) is 0 Å². The fourth-order valence-electron chi connectivity index (χ4n) is 7.71. The highest BCUT2D eigenvalue weighted by Crippen LogP contribution is 2.66. The molecule has 0 aromatic carbocycles. The molecule has 0 aliphatic heterocycles. The Labute approximate surface area is 166 Å². The summed E-state index contributed by atoms with van der Waals surface area (Å²) < 4.78 is 0. The number of unbranched alkanes of at least 4 members (excludes halogenated alkanes) is 1. The zero-order valence-electron chi connectivity index (χ0n) is 17.9. The molecule has 4 rings (SSSR count). The van der Waals surface area contributed by atoms with Crippen molar-refractivity contribution in [3.8, 4) is 0 Å². The van der Waals surface area contributed by atoms with Crippen molar-refractivity contribution in [3.05, 3.63) is 23.3 Å². The van der Waals surface area contributed by atoms with Gasteiger partial charge in [-0.25, -0.2) is 0 Å². The Morgan fingerprint density at radius 2 is 1.85 bits per heavy atom. The molecule has 3 fully saturated rings. The molecule has 0 heterocycles. The standard InChI is InChI=1S/C25H40O2/c1-5-6-13-25(4,27)22-10-9-20-19-8-7-17-16-18(26)11-14-23(17,2)21(19)12-15-24(20,22)3/h7-8,18,20-22,26-27H,5-6,9-16H2,1-4H3/t18-,20-,21-,22-,23-,24-,25-/m0/s1. The molecule has 2 nitrogen and oxygen atoms in total. The van der Waals surface area contributed by atoms with E-state index in [4.69, 9.17) is 0 Å². The van der Waals surface area contributed by atoms with Crippen LogP contribution in [0, 0.1) is 28.6 Å². The highest BCUT2D eigenvalue weighted by molar-refractivity contribution is 5.39. The minimum Gasteiger partial charge on any atom is -0.393 e. The number of aliphatic hydroxyl groups is 2. The van der Waals surface area contributed by atoms with Gasteiger partial charge < -0.3 is 10.2 Å². The maximum atomic E-state index is 11.4. The van der Waals surface area contributed by atoms with Gasteiger partial charge in [0, 0.05) is 0 Å². The van der Waals surface area contributed by atoms with Crippen molar-refractivity contribution in [1.29, 1.82) is 0 Å². The van der Waals surface area contributed by atoms with E-state index in [1.807, 2.05) is 0 Å². The molecule has 27 heavy (non-hydrogen) atoms. The van der Waals surface area contributed by atoms with Gasteiger partial charge in [0.2, 0.25) is 0 Å². The van der Waals surface area contributed by atoms with Crippen LogP contribution in [0.3, 0.4) is 0 Å². The van der Waals surface area contributed by atoms with Crippen LogP contribution in [0.15, 0.2) is 23.3 Å². The first kappa shape index (κ1) is 19.7. The lowest BCUT2D eigenvalue weighted by Crippen LogP contribution is -2.49. The molecule has 7 atom stereocenters. The molecule has 0 bridgehead atoms. The number of hydrogen-bond donors (Lipinski definition) is 2. The minimum absolute atomic E-state index is 0.141. The Bertz CT molecular complexity index is 645. The van der Waals surface area contributed by atoms with Crippen molar-refractivity contribution in [2.45, 2.75) is 104 Å². The molecule has 4 aliphatic carbocycles. The molecule has 0 saturated heterocycles. The van der Waals surface area contributed by atoms with Crippen LogP contribution in [-0.2, 0) is 0 Å². The highest BCUT2D eigenvalue weighted by Gasteiger charge is 2.59. The van der Waals surface area contributed by atoms with E-state index in [1.54, 1.807) is 5.57 Å². The third-order valence-electron chi connectivity index (χ3n) is 9.33. The van der Waals surface area contributed by atoms with E-state index in [1.165, 1.54) is 31.3 Å². The van der Waals surface area contributed by atoms with Crippen LogP contribution >= 0.6 is 0 Å². The lowest BCUT2D eigenvalue weighted by Gasteiger charge is -2.55. The molecular formula is C25H40O2. The number of hydrogen-bond acceptors (Lipinski definition) is 2. The Morgan fingerprint density at radius 1 is 1.07 bits per heavy atom. The van der Waals surface area contributed by atoms with Crippen molar-refractivity contribution < 1.29 is 10.2 Å². The van der Waals surface area contributed by atoms with Crippen LogP contribution in [0.1, 0.15) is 91.9 Å². The van der Waals surface area contributed by atoms with Gasteiger partial charge in [0.1, 0.15) is 0 Å². The van der Waals surface area contributed by atoms with Crippen molar-refractivity contribution in [2.24, 2.45) is 28.6 Å². The predicted octanol–water partition coefficient (Wildman–Crippen LogP) is 5.79. The fraction of sp³-hybridized carbons (Fsp3) is 0.840. The molecule has 4 aliphatic rings. The van der Waals surface area contributed by atoms with E-state index in [0.29, 0.717) is 17.8 Å². The smallest absolute Gasteiger partial charge is 0.0653 e. The average Bonchev–Trinajstić information content (AvgIpc) is 2.99. The Balaban J connectivity index is 1.63. The summed E-state index contributed by atoms with van der Waals surface area (Å²) in [7, 11) is 0. The molecule has 0 amide bonds. The summed E-state index contributed by atoms with van der Waals surface area (Å²) in [6.07, 6.45) is 15.8. The second-order valence-electron chi connectivity index (χ2n) is 10.9. The van der Waals surface area contributed by atoms with E-state index in [9.17, 15) is 10.2 Å². The average molecular weight is 373 g/mol. The highest BCUT2D eigenvalue weighted by atomic mass is 16.3. The molecular weight excluding hydrogens is 332 g/mol. The molecule has 0 aromatic rings. The second-order valence-corrected chi connectivity index (χ2v) is 10.9. The quantitative estimate of drug-likeness (QED) is 0.656. The first-order valence-corrected chi connectivity index (χ1v) is 11.5. The predicted molar refractivity (Wildman–Crippen MR) is 111 cm³/mol. The molecule has 0 radical (unpaired) electrons.